The molecule has 0 N–H and O–H groups in total. The lowest BCUT2D eigenvalue weighted by Crippen LogP contribution is -2.22. The van der Waals surface area contributed by atoms with Gasteiger partial charge in [0.2, 0.25) is 0 Å². The highest BCUT2D eigenvalue weighted by atomic mass is 31.1. The third kappa shape index (κ3) is 4.13. The van der Waals surface area contributed by atoms with Gasteiger partial charge >= 0.3 is 8.16 Å². The van der Waals surface area contributed by atoms with Gasteiger partial charge in [-0.05, 0) is 71.5 Å². The van der Waals surface area contributed by atoms with Crippen LogP contribution in [0, 0.1) is 13.8 Å². The maximum atomic E-state index is 6.91. The molecule has 0 aliphatic carbocycles. The maximum Gasteiger partial charge on any atom is 0.309 e. The molecular formula is C30H34NO2P. The molecule has 4 aromatic carbocycles. The van der Waals surface area contributed by atoms with Crippen LogP contribution in [0.15, 0.2) is 69.1 Å². The standard InChI is InChI=1S/C30H34NO2P/c1-5-7-17-31(18-8-6-2)34-32-29-21(3)19-23-13-9-11-15-25(23)27(29)28-26-16-12-10-14-24(26)20-22(4)30(28)33-34/h9-16,19-20H,5-8,17-18H2,1-4H3. The molecule has 0 unspecified atom stereocenters. The number of benzene rings is 4. The molecule has 5 aromatic rings. The Kier molecular flexibility index (Phi) is 6.68. The van der Waals surface area contributed by atoms with Crippen molar-refractivity contribution in [2.24, 2.45) is 0 Å². The minimum absolute atomic E-state index is 0.970. The van der Waals surface area contributed by atoms with Crippen LogP contribution in [0.5, 0.6) is 0 Å². The van der Waals surface area contributed by atoms with Crippen LogP contribution in [0.4, 0.5) is 0 Å². The monoisotopic (exact) mass is 471 g/mol. The Balaban J connectivity index is 2.00. The molecule has 5 rings (SSSR count). The lowest BCUT2D eigenvalue weighted by atomic mass is 9.95. The third-order valence-corrected chi connectivity index (χ3v) is 8.27. The van der Waals surface area contributed by atoms with Crippen molar-refractivity contribution in [1.29, 1.82) is 0 Å². The highest BCUT2D eigenvalue weighted by Crippen LogP contribution is 2.44. The van der Waals surface area contributed by atoms with Crippen molar-refractivity contribution in [1.82, 2.24) is 0 Å². The number of aryl methyl sites for hydroxylation is 2. The highest BCUT2D eigenvalue weighted by Gasteiger charge is 2.19. The topological polar surface area (TPSA) is 29.5 Å². The maximum absolute atomic E-state index is 6.91. The molecule has 3 nitrogen and oxygen atoms in total. The largest absolute Gasteiger partial charge is 0.407 e. The molecule has 176 valence electrons. The lowest BCUT2D eigenvalue weighted by Gasteiger charge is -2.18. The van der Waals surface area contributed by atoms with Crippen molar-refractivity contribution in [2.45, 2.75) is 53.4 Å². The number of unbranched alkanes of at least 4 members (excludes halogenated alkanes) is 2. The van der Waals surface area contributed by atoms with Crippen LogP contribution in [0.3, 0.4) is 0 Å². The van der Waals surface area contributed by atoms with Gasteiger partial charge in [0.25, 0.3) is 0 Å². The minimum atomic E-state index is -1.27. The summed E-state index contributed by atoms with van der Waals surface area (Å²) in [5, 5.41) is 7.24. The normalized spacial score (nSPS) is 11.9. The number of hydrogen-bond acceptors (Lipinski definition) is 3. The lowest BCUT2D eigenvalue weighted by molar-refractivity contribution is 0.602. The smallest absolute Gasteiger partial charge is 0.309 e. The summed E-state index contributed by atoms with van der Waals surface area (Å²) in [6.07, 6.45) is 4.60. The summed E-state index contributed by atoms with van der Waals surface area (Å²) in [6.45, 7) is 10.8. The zero-order chi connectivity index (χ0) is 23.7. The molecule has 0 saturated carbocycles. The van der Waals surface area contributed by atoms with Gasteiger partial charge in [-0.3, -0.25) is 0 Å². The van der Waals surface area contributed by atoms with Crippen molar-refractivity contribution >= 4 is 51.6 Å². The minimum Gasteiger partial charge on any atom is -0.407 e. The average Bonchev–Trinajstić information content (AvgIpc) is 3.03. The zero-order valence-electron chi connectivity index (χ0n) is 20.7. The molecule has 0 bridgehead atoms. The summed E-state index contributed by atoms with van der Waals surface area (Å²) in [4.78, 5) is 0. The van der Waals surface area contributed by atoms with E-state index in [-0.39, 0.29) is 0 Å². The van der Waals surface area contributed by atoms with Gasteiger partial charge in [-0.2, -0.15) is 0 Å². The summed E-state index contributed by atoms with van der Waals surface area (Å²) < 4.78 is 16.3. The van der Waals surface area contributed by atoms with E-state index in [2.05, 4.69) is 93.0 Å². The fourth-order valence-electron chi connectivity index (χ4n) is 4.92. The van der Waals surface area contributed by atoms with Crippen molar-refractivity contribution in [3.05, 3.63) is 71.8 Å². The Bertz CT molecular complexity index is 1410. The van der Waals surface area contributed by atoms with E-state index in [1.54, 1.807) is 0 Å². The molecular weight excluding hydrogens is 437 g/mol. The van der Waals surface area contributed by atoms with E-state index >= 15 is 0 Å². The van der Waals surface area contributed by atoms with Crippen LogP contribution in [0.1, 0.15) is 50.7 Å². The Labute approximate surface area is 203 Å². The molecule has 1 heterocycles. The zero-order valence-corrected chi connectivity index (χ0v) is 21.6. The third-order valence-electron chi connectivity index (χ3n) is 6.73. The second kappa shape index (κ2) is 9.86. The Hall–Kier alpha value is -2.74. The average molecular weight is 472 g/mol. The summed E-state index contributed by atoms with van der Waals surface area (Å²) in [6, 6.07) is 21.8. The van der Waals surface area contributed by atoms with Crippen molar-refractivity contribution in [2.75, 3.05) is 17.8 Å². The van der Waals surface area contributed by atoms with E-state index in [1.807, 2.05) is 0 Å². The number of nitrogens with zero attached hydrogens (tertiary/aromatic N) is 1. The molecule has 0 saturated heterocycles. The quantitative estimate of drug-likeness (QED) is 0.237. The molecule has 1 aromatic heterocycles. The summed E-state index contributed by atoms with van der Waals surface area (Å²) in [5.74, 6) is 0. The first kappa shape index (κ1) is 23.0. The Morgan fingerprint density at radius 2 is 1.12 bits per heavy atom. The first-order valence-corrected chi connectivity index (χ1v) is 13.7. The molecule has 0 fully saturated rings. The first-order chi connectivity index (χ1) is 16.6. The van der Waals surface area contributed by atoms with Gasteiger partial charge in [0.15, 0.2) is 0 Å². The number of hydrogen-bond donors (Lipinski definition) is 0. The summed E-state index contributed by atoms with van der Waals surface area (Å²) >= 11 is 0. The molecule has 0 spiro atoms. The molecule has 34 heavy (non-hydrogen) atoms. The van der Waals surface area contributed by atoms with E-state index in [0.29, 0.717) is 0 Å². The van der Waals surface area contributed by atoms with Crippen LogP contribution in [-0.4, -0.2) is 13.1 Å². The van der Waals surface area contributed by atoms with Gasteiger partial charge in [-0.15, -0.1) is 0 Å². The van der Waals surface area contributed by atoms with E-state index in [1.165, 1.54) is 32.3 Å². The van der Waals surface area contributed by atoms with E-state index < -0.39 is 8.16 Å². The predicted octanol–water partition coefficient (Wildman–Crippen LogP) is 9.75. The van der Waals surface area contributed by atoms with Gasteiger partial charge < -0.3 is 8.39 Å². The van der Waals surface area contributed by atoms with Crippen molar-refractivity contribution in [3.63, 3.8) is 0 Å². The van der Waals surface area contributed by atoms with Crippen LogP contribution >= 0.6 is 8.16 Å². The van der Waals surface area contributed by atoms with Gasteiger partial charge in [0, 0.05) is 23.9 Å². The Morgan fingerprint density at radius 3 is 1.56 bits per heavy atom. The first-order valence-electron chi connectivity index (χ1n) is 12.6. The van der Waals surface area contributed by atoms with Gasteiger partial charge in [-0.1, -0.05) is 75.2 Å². The summed E-state index contributed by atoms with van der Waals surface area (Å²) in [7, 11) is -1.27. The molecule has 0 aliphatic heterocycles. The van der Waals surface area contributed by atoms with Crippen LogP contribution in [0.2, 0.25) is 0 Å². The number of fused-ring (bicyclic) bond motifs is 7. The molecule has 4 heteroatoms. The molecule has 0 aliphatic rings. The van der Waals surface area contributed by atoms with E-state index in [9.17, 15) is 0 Å². The second-order valence-corrected chi connectivity index (χ2v) is 10.7. The van der Waals surface area contributed by atoms with Crippen LogP contribution in [0.25, 0.3) is 43.5 Å². The number of rotatable bonds is 7. The second-order valence-electron chi connectivity index (χ2n) is 9.32. The van der Waals surface area contributed by atoms with E-state index in [4.69, 9.17) is 8.39 Å². The SMILES string of the molecule is CCCCN(CCCC)p1oc2c(C)cc3ccccc3c2c2c(o1)c(C)cc1ccccc12. The van der Waals surface area contributed by atoms with Crippen molar-refractivity contribution < 1.29 is 8.39 Å². The fraction of sp³-hybridized carbons (Fsp3) is 0.333. The van der Waals surface area contributed by atoms with Crippen LogP contribution < -0.4 is 4.67 Å². The van der Waals surface area contributed by atoms with Crippen molar-refractivity contribution in [3.8, 4) is 0 Å². The molecule has 0 radical (unpaired) electrons. The Morgan fingerprint density at radius 1 is 0.676 bits per heavy atom. The highest BCUT2D eigenvalue weighted by molar-refractivity contribution is 7.39. The summed E-state index contributed by atoms with van der Waals surface area (Å²) in [5.41, 5.74) is 4.26. The van der Waals surface area contributed by atoms with E-state index in [0.717, 1.165) is 61.1 Å². The fourth-order valence-corrected chi connectivity index (χ4v) is 6.58. The van der Waals surface area contributed by atoms with Gasteiger partial charge in [0.1, 0.15) is 11.2 Å². The van der Waals surface area contributed by atoms with Gasteiger partial charge in [0.05, 0.1) is 0 Å². The van der Waals surface area contributed by atoms with Gasteiger partial charge in [-0.25, -0.2) is 4.67 Å². The molecule has 0 atom stereocenters. The van der Waals surface area contributed by atoms with Crippen LogP contribution in [-0.2, 0) is 0 Å². The molecule has 0 amide bonds. The predicted molar refractivity (Wildman–Crippen MR) is 149 cm³/mol.